The fraction of sp³-hybridized carbons (Fsp3) is 0.280. The first-order valence-corrected chi connectivity index (χ1v) is 11.9. The lowest BCUT2D eigenvalue weighted by Crippen LogP contribution is -2.12. The Hall–Kier alpha value is -4.34. The normalized spacial score (nSPS) is 15.6. The highest BCUT2D eigenvalue weighted by Crippen LogP contribution is 2.43. The van der Waals surface area contributed by atoms with Crippen molar-refractivity contribution >= 4 is 17.1 Å². The molecule has 0 bridgehead atoms. The summed E-state index contributed by atoms with van der Waals surface area (Å²) in [5.41, 5.74) is 6.98. The number of H-pyrrole nitrogens is 1. The molecule has 10 heteroatoms. The van der Waals surface area contributed by atoms with Crippen molar-refractivity contribution in [2.75, 3.05) is 5.32 Å². The number of amides is 1. The maximum atomic E-state index is 13.3. The first-order valence-electron chi connectivity index (χ1n) is 11.9. The molecular weight excluding hydrogens is 442 g/mol. The van der Waals surface area contributed by atoms with Gasteiger partial charge < -0.3 is 5.32 Å². The number of aryl methyl sites for hydroxylation is 1. The van der Waals surface area contributed by atoms with Crippen LogP contribution in [0.3, 0.4) is 0 Å². The molecule has 0 radical (unpaired) electrons. The zero-order chi connectivity index (χ0) is 23.5. The molecule has 4 heterocycles. The Morgan fingerprint density at radius 1 is 1.09 bits per heavy atom. The third kappa shape index (κ3) is 3.58. The second-order valence-electron chi connectivity index (χ2n) is 9.42. The van der Waals surface area contributed by atoms with Gasteiger partial charge in [0.2, 0.25) is 5.82 Å². The highest BCUT2D eigenvalue weighted by molar-refractivity contribution is 6.09. The molecule has 2 aliphatic rings. The zero-order valence-electron chi connectivity index (χ0n) is 19.1. The number of anilines is 1. The number of nitrogens with zero attached hydrogens (tertiary/aromatic N) is 7. The van der Waals surface area contributed by atoms with Crippen LogP contribution in [0.2, 0.25) is 0 Å². The van der Waals surface area contributed by atoms with Crippen LogP contribution in [0.15, 0.2) is 48.9 Å². The molecule has 2 N–H and O–H groups in total. The lowest BCUT2D eigenvalue weighted by molar-refractivity contribution is 0.102. The van der Waals surface area contributed by atoms with Crippen LogP contribution >= 0.6 is 0 Å². The molecule has 0 unspecified atom stereocenters. The summed E-state index contributed by atoms with van der Waals surface area (Å²) in [6.45, 7) is 1.96. The Balaban J connectivity index is 1.19. The van der Waals surface area contributed by atoms with Crippen LogP contribution in [-0.2, 0) is 0 Å². The van der Waals surface area contributed by atoms with Crippen LogP contribution in [0.5, 0.6) is 0 Å². The van der Waals surface area contributed by atoms with Crippen LogP contribution in [0.25, 0.3) is 28.0 Å². The van der Waals surface area contributed by atoms with Gasteiger partial charge in [0, 0.05) is 34.6 Å². The Morgan fingerprint density at radius 2 is 1.97 bits per heavy atom. The summed E-state index contributed by atoms with van der Waals surface area (Å²) in [6, 6.07) is 10.2. The van der Waals surface area contributed by atoms with E-state index in [4.69, 9.17) is 0 Å². The Kier molecular flexibility index (Phi) is 4.35. The van der Waals surface area contributed by atoms with Gasteiger partial charge in [-0.25, -0.2) is 4.52 Å². The summed E-state index contributed by atoms with van der Waals surface area (Å²) in [4.78, 5) is 15.0. The molecule has 35 heavy (non-hydrogen) atoms. The van der Waals surface area contributed by atoms with E-state index < -0.39 is 0 Å². The fourth-order valence-electron chi connectivity index (χ4n) is 4.42. The molecule has 174 valence electrons. The SMILES string of the molecule is Cc1ccc(-c2nnn(C3CC3)n2)cc1NC(=O)c1cnn2ccc(-c3cn[nH]c3C3CC3)cc12. The predicted molar refractivity (Wildman–Crippen MR) is 129 cm³/mol. The van der Waals surface area contributed by atoms with Gasteiger partial charge in [0.1, 0.15) is 0 Å². The topological polar surface area (TPSA) is 119 Å². The number of aromatic amines is 1. The lowest BCUT2D eigenvalue weighted by atomic mass is 10.0. The third-order valence-electron chi connectivity index (χ3n) is 6.78. The standard InChI is InChI=1S/C25H23N9O/c1-14-2-3-17(24-30-32-34(31-24)18-6-7-18)10-21(14)28-25(35)20-13-27-33-9-8-16(11-22(20)33)19-12-26-29-23(19)15-4-5-15/h2-3,8-13,15,18H,4-7H2,1H3,(H,26,29)(H,28,35). The summed E-state index contributed by atoms with van der Waals surface area (Å²) < 4.78 is 1.72. The lowest BCUT2D eigenvalue weighted by Gasteiger charge is -2.09. The van der Waals surface area contributed by atoms with Crippen molar-refractivity contribution in [1.82, 2.24) is 40.0 Å². The number of tetrazole rings is 1. The third-order valence-corrected chi connectivity index (χ3v) is 6.78. The summed E-state index contributed by atoms with van der Waals surface area (Å²) in [6.07, 6.45) is 9.90. The van der Waals surface area contributed by atoms with Crippen molar-refractivity contribution in [3.63, 3.8) is 0 Å². The molecule has 2 saturated carbocycles. The molecule has 10 nitrogen and oxygen atoms in total. The number of carbonyl (C=O) groups is 1. The van der Waals surface area contributed by atoms with Crippen LogP contribution in [0, 0.1) is 6.92 Å². The average molecular weight is 466 g/mol. The van der Waals surface area contributed by atoms with Gasteiger partial charge in [0.25, 0.3) is 5.91 Å². The molecule has 0 aliphatic heterocycles. The number of nitrogens with one attached hydrogen (secondary N) is 2. The molecule has 5 aromatic rings. The Morgan fingerprint density at radius 3 is 2.80 bits per heavy atom. The molecule has 2 fully saturated rings. The highest BCUT2D eigenvalue weighted by Gasteiger charge is 2.29. The maximum absolute atomic E-state index is 13.3. The van der Waals surface area contributed by atoms with E-state index in [0.29, 0.717) is 29.0 Å². The van der Waals surface area contributed by atoms with Gasteiger partial charge in [0.15, 0.2) is 0 Å². The first-order chi connectivity index (χ1) is 17.1. The summed E-state index contributed by atoms with van der Waals surface area (Å²) in [7, 11) is 0. The van der Waals surface area contributed by atoms with Crippen LogP contribution in [0.4, 0.5) is 5.69 Å². The number of benzene rings is 1. The van der Waals surface area contributed by atoms with Crippen LogP contribution in [0.1, 0.15) is 59.3 Å². The minimum absolute atomic E-state index is 0.221. The van der Waals surface area contributed by atoms with Crippen molar-refractivity contribution in [2.45, 2.75) is 44.6 Å². The molecule has 2 aliphatic carbocycles. The van der Waals surface area contributed by atoms with Gasteiger partial charge in [-0.2, -0.15) is 15.0 Å². The van der Waals surface area contributed by atoms with Gasteiger partial charge in [-0.05, 0) is 67.1 Å². The number of hydrogen-bond acceptors (Lipinski definition) is 6. The fourth-order valence-corrected chi connectivity index (χ4v) is 4.42. The van der Waals surface area contributed by atoms with E-state index >= 15 is 0 Å². The number of fused-ring (bicyclic) bond motifs is 1. The average Bonchev–Trinajstić information content (AvgIpc) is 3.75. The monoisotopic (exact) mass is 465 g/mol. The molecule has 0 atom stereocenters. The van der Waals surface area contributed by atoms with E-state index in [2.05, 4.69) is 36.0 Å². The van der Waals surface area contributed by atoms with Crippen molar-refractivity contribution in [3.05, 3.63) is 65.7 Å². The summed E-state index contributed by atoms with van der Waals surface area (Å²) in [5.74, 6) is 0.883. The molecule has 1 amide bonds. The maximum Gasteiger partial charge on any atom is 0.259 e. The predicted octanol–water partition coefficient (Wildman–Crippen LogP) is 4.15. The van der Waals surface area contributed by atoms with E-state index in [1.807, 2.05) is 49.6 Å². The smallest absolute Gasteiger partial charge is 0.259 e. The highest BCUT2D eigenvalue weighted by atomic mass is 16.1. The number of rotatable bonds is 6. The Bertz CT molecular complexity index is 1590. The van der Waals surface area contributed by atoms with Crippen molar-refractivity contribution < 1.29 is 4.79 Å². The minimum Gasteiger partial charge on any atom is -0.322 e. The second-order valence-corrected chi connectivity index (χ2v) is 9.42. The van der Waals surface area contributed by atoms with E-state index in [0.717, 1.165) is 40.6 Å². The molecule has 0 saturated heterocycles. The van der Waals surface area contributed by atoms with Gasteiger partial charge in [-0.1, -0.05) is 12.1 Å². The van der Waals surface area contributed by atoms with Crippen LogP contribution < -0.4 is 5.32 Å². The minimum atomic E-state index is -0.221. The largest absolute Gasteiger partial charge is 0.322 e. The number of pyridine rings is 1. The summed E-state index contributed by atoms with van der Waals surface area (Å²) >= 11 is 0. The molecule has 0 spiro atoms. The van der Waals surface area contributed by atoms with Gasteiger partial charge >= 0.3 is 0 Å². The van der Waals surface area contributed by atoms with E-state index in [-0.39, 0.29) is 5.91 Å². The van der Waals surface area contributed by atoms with E-state index in [1.165, 1.54) is 18.5 Å². The number of aromatic nitrogens is 8. The van der Waals surface area contributed by atoms with Crippen molar-refractivity contribution in [1.29, 1.82) is 0 Å². The second kappa shape index (κ2) is 7.59. The molecular formula is C25H23N9O. The first kappa shape index (κ1) is 20.1. The zero-order valence-corrected chi connectivity index (χ0v) is 19.1. The molecule has 1 aromatic carbocycles. The van der Waals surface area contributed by atoms with Crippen molar-refractivity contribution in [3.8, 4) is 22.5 Å². The summed E-state index contributed by atoms with van der Waals surface area (Å²) in [5, 5.41) is 27.7. The van der Waals surface area contributed by atoms with Crippen LogP contribution in [-0.4, -0.2) is 45.9 Å². The Labute approximate surface area is 200 Å². The van der Waals surface area contributed by atoms with Gasteiger partial charge in [0.05, 0.1) is 29.5 Å². The van der Waals surface area contributed by atoms with E-state index in [1.54, 1.807) is 15.5 Å². The quantitative estimate of drug-likeness (QED) is 0.389. The van der Waals surface area contributed by atoms with Gasteiger partial charge in [-0.15, -0.1) is 10.2 Å². The van der Waals surface area contributed by atoms with E-state index in [9.17, 15) is 4.79 Å². The number of hydrogen-bond donors (Lipinski definition) is 2. The van der Waals surface area contributed by atoms with Crippen molar-refractivity contribution in [2.24, 2.45) is 0 Å². The molecule has 4 aromatic heterocycles. The molecule has 7 rings (SSSR count). The van der Waals surface area contributed by atoms with Gasteiger partial charge in [-0.3, -0.25) is 9.89 Å². The number of carbonyl (C=O) groups excluding carboxylic acids is 1.